The summed E-state index contributed by atoms with van der Waals surface area (Å²) in [5.41, 5.74) is 8.01. The SMILES string of the molecule is Cc1cccc(Nc2cc(F)cc(N)c2C)c1F. The number of hydrogen-bond donors (Lipinski definition) is 2. The first kappa shape index (κ1) is 12.4. The Kier molecular flexibility index (Phi) is 3.19. The van der Waals surface area contributed by atoms with Gasteiger partial charge >= 0.3 is 0 Å². The second-order valence-electron chi connectivity index (χ2n) is 4.23. The minimum atomic E-state index is -0.450. The Hall–Kier alpha value is -2.10. The summed E-state index contributed by atoms with van der Waals surface area (Å²) in [6, 6.07) is 7.55. The minimum Gasteiger partial charge on any atom is -0.398 e. The molecule has 0 fully saturated rings. The number of halogens is 2. The molecule has 2 nitrogen and oxygen atoms in total. The molecule has 0 radical (unpaired) electrons. The van der Waals surface area contributed by atoms with E-state index in [1.165, 1.54) is 12.1 Å². The van der Waals surface area contributed by atoms with Crippen LogP contribution in [0.15, 0.2) is 30.3 Å². The van der Waals surface area contributed by atoms with Gasteiger partial charge in [0.2, 0.25) is 0 Å². The third-order valence-corrected chi connectivity index (χ3v) is 2.87. The van der Waals surface area contributed by atoms with Crippen molar-refractivity contribution in [2.24, 2.45) is 0 Å². The molecule has 0 aliphatic rings. The number of hydrogen-bond acceptors (Lipinski definition) is 2. The van der Waals surface area contributed by atoms with Crippen molar-refractivity contribution in [3.8, 4) is 0 Å². The fourth-order valence-corrected chi connectivity index (χ4v) is 1.72. The predicted molar refractivity (Wildman–Crippen MR) is 70.0 cm³/mol. The first-order chi connectivity index (χ1) is 8.49. The van der Waals surface area contributed by atoms with Gasteiger partial charge in [-0.2, -0.15) is 0 Å². The van der Waals surface area contributed by atoms with Crippen molar-refractivity contribution in [1.29, 1.82) is 0 Å². The van der Waals surface area contributed by atoms with Crippen LogP contribution in [0.2, 0.25) is 0 Å². The number of benzene rings is 2. The van der Waals surface area contributed by atoms with Crippen molar-refractivity contribution < 1.29 is 8.78 Å². The van der Waals surface area contributed by atoms with Crippen LogP contribution in [0.1, 0.15) is 11.1 Å². The highest BCUT2D eigenvalue weighted by atomic mass is 19.1. The Bertz CT molecular complexity index is 595. The quantitative estimate of drug-likeness (QED) is 0.791. The largest absolute Gasteiger partial charge is 0.398 e. The summed E-state index contributed by atoms with van der Waals surface area (Å²) in [6.45, 7) is 3.43. The van der Waals surface area contributed by atoms with Crippen LogP contribution in [0.3, 0.4) is 0 Å². The van der Waals surface area contributed by atoms with Gasteiger partial charge in [0.05, 0.1) is 5.69 Å². The number of rotatable bonds is 2. The van der Waals surface area contributed by atoms with Crippen molar-refractivity contribution in [3.05, 3.63) is 53.1 Å². The maximum absolute atomic E-state index is 13.8. The average molecular weight is 248 g/mol. The molecule has 0 spiro atoms. The number of anilines is 3. The molecule has 0 amide bonds. The molecule has 0 heterocycles. The molecular formula is C14H14F2N2. The highest BCUT2D eigenvalue weighted by molar-refractivity contribution is 5.69. The van der Waals surface area contributed by atoms with Gasteiger partial charge < -0.3 is 11.1 Å². The van der Waals surface area contributed by atoms with Gasteiger partial charge in [-0.25, -0.2) is 8.78 Å². The first-order valence-corrected chi connectivity index (χ1v) is 5.57. The highest BCUT2D eigenvalue weighted by Crippen LogP contribution is 2.28. The summed E-state index contributed by atoms with van der Waals surface area (Å²) in [4.78, 5) is 0. The van der Waals surface area contributed by atoms with E-state index >= 15 is 0 Å². The second kappa shape index (κ2) is 4.64. The molecule has 18 heavy (non-hydrogen) atoms. The molecule has 2 aromatic carbocycles. The Labute approximate surface area is 104 Å². The van der Waals surface area contributed by atoms with Gasteiger partial charge in [-0.15, -0.1) is 0 Å². The third kappa shape index (κ3) is 2.27. The molecule has 0 aromatic heterocycles. The lowest BCUT2D eigenvalue weighted by Crippen LogP contribution is -2.01. The molecule has 2 aromatic rings. The lowest BCUT2D eigenvalue weighted by atomic mass is 10.1. The summed E-state index contributed by atoms with van der Waals surface area (Å²) < 4.78 is 27.1. The molecule has 94 valence electrons. The van der Waals surface area contributed by atoms with E-state index < -0.39 is 5.82 Å². The lowest BCUT2D eigenvalue weighted by Gasteiger charge is -2.13. The second-order valence-corrected chi connectivity index (χ2v) is 4.23. The van der Waals surface area contributed by atoms with Crippen LogP contribution in [0, 0.1) is 25.5 Å². The smallest absolute Gasteiger partial charge is 0.149 e. The highest BCUT2D eigenvalue weighted by Gasteiger charge is 2.09. The van der Waals surface area contributed by atoms with E-state index in [1.807, 2.05) is 0 Å². The van der Waals surface area contributed by atoms with Crippen molar-refractivity contribution in [3.63, 3.8) is 0 Å². The van der Waals surface area contributed by atoms with Gasteiger partial charge in [-0.1, -0.05) is 12.1 Å². The zero-order valence-electron chi connectivity index (χ0n) is 10.2. The molecule has 4 heteroatoms. The van der Waals surface area contributed by atoms with Crippen LogP contribution in [-0.2, 0) is 0 Å². The number of nitrogen functional groups attached to an aromatic ring is 1. The van der Waals surface area contributed by atoms with Gasteiger partial charge in [0.25, 0.3) is 0 Å². The van der Waals surface area contributed by atoms with E-state index in [2.05, 4.69) is 5.32 Å². The molecule has 0 saturated heterocycles. The third-order valence-electron chi connectivity index (χ3n) is 2.87. The van der Waals surface area contributed by atoms with E-state index in [0.29, 0.717) is 28.2 Å². The summed E-state index contributed by atoms with van der Waals surface area (Å²) in [6.07, 6.45) is 0. The van der Waals surface area contributed by atoms with E-state index in [4.69, 9.17) is 5.73 Å². The summed E-state index contributed by atoms with van der Waals surface area (Å²) in [7, 11) is 0. The maximum atomic E-state index is 13.8. The number of aryl methyl sites for hydroxylation is 1. The number of nitrogens with one attached hydrogen (secondary N) is 1. The standard InChI is InChI=1S/C14H14F2N2/c1-8-4-3-5-12(14(8)16)18-13-7-10(15)6-11(17)9(13)2/h3-7,18H,17H2,1-2H3. The predicted octanol–water partition coefficient (Wildman–Crippen LogP) is 3.91. The van der Waals surface area contributed by atoms with Crippen molar-refractivity contribution >= 4 is 17.1 Å². The first-order valence-electron chi connectivity index (χ1n) is 5.57. The molecule has 3 N–H and O–H groups in total. The Balaban J connectivity index is 2.43. The normalized spacial score (nSPS) is 10.4. The van der Waals surface area contributed by atoms with Crippen molar-refractivity contribution in [2.45, 2.75) is 13.8 Å². The molecule has 0 bridgehead atoms. The van der Waals surface area contributed by atoms with Crippen LogP contribution in [-0.4, -0.2) is 0 Å². The summed E-state index contributed by atoms with van der Waals surface area (Å²) in [5.74, 6) is -0.798. The van der Waals surface area contributed by atoms with E-state index in [9.17, 15) is 8.78 Å². The van der Waals surface area contributed by atoms with E-state index in [1.54, 1.807) is 32.0 Å². The minimum absolute atomic E-state index is 0.308. The van der Waals surface area contributed by atoms with Crippen molar-refractivity contribution in [2.75, 3.05) is 11.1 Å². The van der Waals surface area contributed by atoms with Gasteiger partial charge in [-0.05, 0) is 43.2 Å². The maximum Gasteiger partial charge on any atom is 0.149 e. The average Bonchev–Trinajstić information content (AvgIpc) is 2.31. The van der Waals surface area contributed by atoms with Gasteiger partial charge in [0.1, 0.15) is 11.6 Å². The van der Waals surface area contributed by atoms with Crippen LogP contribution in [0.5, 0.6) is 0 Å². The zero-order chi connectivity index (χ0) is 13.3. The van der Waals surface area contributed by atoms with Gasteiger partial charge in [-0.3, -0.25) is 0 Å². The van der Waals surface area contributed by atoms with E-state index in [0.717, 1.165) is 0 Å². The van der Waals surface area contributed by atoms with Crippen LogP contribution in [0.4, 0.5) is 25.8 Å². The fourth-order valence-electron chi connectivity index (χ4n) is 1.72. The Morgan fingerprint density at radius 3 is 2.50 bits per heavy atom. The van der Waals surface area contributed by atoms with Crippen molar-refractivity contribution in [1.82, 2.24) is 0 Å². The summed E-state index contributed by atoms with van der Waals surface area (Å²) in [5, 5.41) is 2.87. The van der Waals surface area contributed by atoms with Crippen LogP contribution < -0.4 is 11.1 Å². The Morgan fingerprint density at radius 2 is 1.78 bits per heavy atom. The molecule has 0 aliphatic carbocycles. The van der Waals surface area contributed by atoms with Crippen LogP contribution >= 0.6 is 0 Å². The van der Waals surface area contributed by atoms with Crippen LogP contribution in [0.25, 0.3) is 0 Å². The molecule has 0 unspecified atom stereocenters. The van der Waals surface area contributed by atoms with Gasteiger partial charge in [0.15, 0.2) is 0 Å². The summed E-state index contributed by atoms with van der Waals surface area (Å²) >= 11 is 0. The monoisotopic (exact) mass is 248 g/mol. The Morgan fingerprint density at radius 1 is 1.06 bits per heavy atom. The molecule has 0 saturated carbocycles. The zero-order valence-corrected chi connectivity index (χ0v) is 10.2. The molecule has 0 atom stereocenters. The molecule has 0 aliphatic heterocycles. The molecule has 2 rings (SSSR count). The number of nitrogens with two attached hydrogens (primary N) is 1. The molecular weight excluding hydrogens is 234 g/mol. The lowest BCUT2D eigenvalue weighted by molar-refractivity contribution is 0.621. The topological polar surface area (TPSA) is 38.0 Å². The van der Waals surface area contributed by atoms with E-state index in [-0.39, 0.29) is 5.82 Å². The van der Waals surface area contributed by atoms with Gasteiger partial charge in [0, 0.05) is 11.4 Å². The fraction of sp³-hybridized carbons (Fsp3) is 0.143.